The minimum Gasteiger partial charge on any atom is -0.496 e. The van der Waals surface area contributed by atoms with Gasteiger partial charge >= 0.3 is 0 Å². The summed E-state index contributed by atoms with van der Waals surface area (Å²) in [6, 6.07) is 9.43. The van der Waals surface area contributed by atoms with E-state index in [1.165, 1.54) is 11.3 Å². The number of carbonyl (C=O) groups excluding carboxylic acids is 1. The smallest absolute Gasteiger partial charge is 0.252 e. The third-order valence-electron chi connectivity index (χ3n) is 3.00. The molecule has 0 fully saturated rings. The van der Waals surface area contributed by atoms with Gasteiger partial charge in [0.25, 0.3) is 5.91 Å². The largest absolute Gasteiger partial charge is 0.496 e. The summed E-state index contributed by atoms with van der Waals surface area (Å²) in [5.41, 5.74) is 1.59. The number of rotatable bonds is 6. The molecule has 1 atom stereocenters. The van der Waals surface area contributed by atoms with Gasteiger partial charge in [0.05, 0.1) is 7.11 Å². The van der Waals surface area contributed by atoms with E-state index in [2.05, 4.69) is 5.32 Å². The zero-order valence-corrected chi connectivity index (χ0v) is 12.3. The molecule has 106 valence electrons. The molecule has 0 saturated carbocycles. The average molecular weight is 291 g/mol. The molecule has 0 bridgehead atoms. The molecule has 4 nitrogen and oxygen atoms in total. The van der Waals surface area contributed by atoms with Gasteiger partial charge in [-0.15, -0.1) is 0 Å². The normalized spacial score (nSPS) is 11.9. The average Bonchev–Trinajstić information content (AvgIpc) is 3.02. The highest BCUT2D eigenvalue weighted by molar-refractivity contribution is 7.08. The third-order valence-corrected chi connectivity index (χ3v) is 3.68. The van der Waals surface area contributed by atoms with Crippen LogP contribution in [-0.4, -0.2) is 26.7 Å². The first-order valence-electron chi connectivity index (χ1n) is 6.22. The molecule has 1 N–H and O–H groups in total. The summed E-state index contributed by atoms with van der Waals surface area (Å²) in [5.74, 6) is 0.660. The van der Waals surface area contributed by atoms with Crippen molar-refractivity contribution in [1.29, 1.82) is 0 Å². The molecule has 2 aromatic rings. The summed E-state index contributed by atoms with van der Waals surface area (Å²) in [4.78, 5) is 11.9. The molecule has 0 spiro atoms. The van der Waals surface area contributed by atoms with Gasteiger partial charge in [0, 0.05) is 30.2 Å². The number of benzene rings is 1. The van der Waals surface area contributed by atoms with Crippen LogP contribution in [-0.2, 0) is 4.74 Å². The van der Waals surface area contributed by atoms with Gasteiger partial charge in [0.15, 0.2) is 0 Å². The van der Waals surface area contributed by atoms with Crippen LogP contribution < -0.4 is 10.1 Å². The molecular formula is C15H17NO3S. The van der Waals surface area contributed by atoms with Gasteiger partial charge in [-0.05, 0) is 17.5 Å². The number of carbonyl (C=O) groups is 1. The summed E-state index contributed by atoms with van der Waals surface area (Å²) in [6.45, 7) is 0.394. The number of amides is 1. The molecule has 1 aromatic carbocycles. The number of thiophene rings is 1. The Bertz CT molecular complexity index is 554. The highest BCUT2D eigenvalue weighted by atomic mass is 32.1. The maximum Gasteiger partial charge on any atom is 0.252 e. The predicted octanol–water partition coefficient (Wildman–Crippen LogP) is 2.87. The lowest BCUT2D eigenvalue weighted by molar-refractivity contribution is 0.0819. The number of nitrogens with one attached hydrogen (secondary N) is 1. The van der Waals surface area contributed by atoms with Crippen molar-refractivity contribution >= 4 is 17.2 Å². The van der Waals surface area contributed by atoms with E-state index in [0.29, 0.717) is 12.1 Å². The lowest BCUT2D eigenvalue weighted by atomic mass is 10.1. The van der Waals surface area contributed by atoms with Crippen molar-refractivity contribution in [3.63, 3.8) is 0 Å². The molecule has 0 aliphatic heterocycles. The van der Waals surface area contributed by atoms with Crippen molar-refractivity contribution in [2.24, 2.45) is 0 Å². The molecule has 0 aliphatic carbocycles. The van der Waals surface area contributed by atoms with Gasteiger partial charge in [-0.25, -0.2) is 0 Å². The van der Waals surface area contributed by atoms with Gasteiger partial charge < -0.3 is 14.8 Å². The number of hydrogen-bond acceptors (Lipinski definition) is 4. The van der Waals surface area contributed by atoms with Gasteiger partial charge in [-0.2, -0.15) is 11.3 Å². The van der Waals surface area contributed by atoms with E-state index in [0.717, 1.165) is 11.3 Å². The van der Waals surface area contributed by atoms with E-state index in [-0.39, 0.29) is 12.0 Å². The maximum atomic E-state index is 11.9. The highest BCUT2D eigenvalue weighted by Gasteiger charge is 2.16. The van der Waals surface area contributed by atoms with Gasteiger partial charge in [0.2, 0.25) is 0 Å². The Kier molecular flexibility index (Phi) is 5.15. The fourth-order valence-corrected chi connectivity index (χ4v) is 2.57. The van der Waals surface area contributed by atoms with E-state index < -0.39 is 0 Å². The Balaban J connectivity index is 2.04. The SMILES string of the molecule is COc1ccccc1[C@H](CNC(=O)c1ccsc1)OC. The van der Waals surface area contributed by atoms with Crippen molar-refractivity contribution in [2.75, 3.05) is 20.8 Å². The Morgan fingerprint density at radius 2 is 2.10 bits per heavy atom. The summed E-state index contributed by atoms with van der Waals surface area (Å²) < 4.78 is 10.8. The number of para-hydroxylation sites is 1. The zero-order chi connectivity index (χ0) is 14.4. The van der Waals surface area contributed by atoms with Gasteiger partial charge in [0.1, 0.15) is 11.9 Å². The van der Waals surface area contributed by atoms with Crippen LogP contribution in [0.4, 0.5) is 0 Å². The van der Waals surface area contributed by atoms with E-state index in [1.54, 1.807) is 20.3 Å². The van der Waals surface area contributed by atoms with Crippen LogP contribution in [0.2, 0.25) is 0 Å². The lowest BCUT2D eigenvalue weighted by Gasteiger charge is -2.18. The highest BCUT2D eigenvalue weighted by Crippen LogP contribution is 2.26. The molecule has 0 aliphatic rings. The Hall–Kier alpha value is -1.85. The first-order chi connectivity index (χ1) is 9.76. The first kappa shape index (κ1) is 14.6. The van der Waals surface area contributed by atoms with Crippen LogP contribution in [0, 0.1) is 0 Å². The molecule has 1 heterocycles. The van der Waals surface area contributed by atoms with Crippen LogP contribution >= 0.6 is 11.3 Å². The molecule has 2 rings (SSSR count). The van der Waals surface area contributed by atoms with Crippen LogP contribution in [0.1, 0.15) is 22.0 Å². The molecule has 1 amide bonds. The second kappa shape index (κ2) is 7.07. The van der Waals surface area contributed by atoms with E-state index in [9.17, 15) is 4.79 Å². The molecule has 0 radical (unpaired) electrons. The van der Waals surface area contributed by atoms with Crippen molar-refractivity contribution < 1.29 is 14.3 Å². The monoisotopic (exact) mass is 291 g/mol. The molecule has 1 aromatic heterocycles. The number of ether oxygens (including phenoxy) is 2. The van der Waals surface area contributed by atoms with Crippen LogP contribution in [0.25, 0.3) is 0 Å². The quantitative estimate of drug-likeness (QED) is 0.890. The Morgan fingerprint density at radius 3 is 2.75 bits per heavy atom. The standard InChI is InChI=1S/C15H17NO3S/c1-18-13-6-4-3-5-12(13)14(19-2)9-16-15(17)11-7-8-20-10-11/h3-8,10,14H,9H2,1-2H3,(H,16,17)/t14-/m0/s1. The summed E-state index contributed by atoms with van der Waals surface area (Å²) in [7, 11) is 3.24. The van der Waals surface area contributed by atoms with E-state index >= 15 is 0 Å². The second-order valence-corrected chi connectivity index (χ2v) is 4.97. The minimum atomic E-state index is -0.242. The Labute approximate surface area is 122 Å². The summed E-state index contributed by atoms with van der Waals surface area (Å²) in [5, 5.41) is 6.57. The fourth-order valence-electron chi connectivity index (χ4n) is 1.93. The number of methoxy groups -OCH3 is 2. The van der Waals surface area contributed by atoms with Gasteiger partial charge in [-0.1, -0.05) is 18.2 Å². The topological polar surface area (TPSA) is 47.6 Å². The zero-order valence-electron chi connectivity index (χ0n) is 11.5. The van der Waals surface area contributed by atoms with Crippen molar-refractivity contribution in [2.45, 2.75) is 6.10 Å². The van der Waals surface area contributed by atoms with Crippen molar-refractivity contribution in [1.82, 2.24) is 5.32 Å². The molecule has 0 saturated heterocycles. The van der Waals surface area contributed by atoms with Crippen molar-refractivity contribution in [3.8, 4) is 5.75 Å². The Morgan fingerprint density at radius 1 is 1.30 bits per heavy atom. The second-order valence-electron chi connectivity index (χ2n) is 4.19. The predicted molar refractivity (Wildman–Crippen MR) is 79.4 cm³/mol. The summed E-state index contributed by atoms with van der Waals surface area (Å²) in [6.07, 6.45) is -0.242. The molecular weight excluding hydrogens is 274 g/mol. The lowest BCUT2D eigenvalue weighted by Crippen LogP contribution is -2.29. The van der Waals surface area contributed by atoms with E-state index in [1.807, 2.05) is 35.0 Å². The minimum absolute atomic E-state index is 0.0943. The molecule has 20 heavy (non-hydrogen) atoms. The van der Waals surface area contributed by atoms with Gasteiger partial charge in [-0.3, -0.25) is 4.79 Å². The molecule has 5 heteroatoms. The van der Waals surface area contributed by atoms with E-state index in [4.69, 9.17) is 9.47 Å². The first-order valence-corrected chi connectivity index (χ1v) is 7.16. The summed E-state index contributed by atoms with van der Waals surface area (Å²) >= 11 is 1.50. The number of hydrogen-bond donors (Lipinski definition) is 1. The van der Waals surface area contributed by atoms with Crippen LogP contribution in [0.15, 0.2) is 41.1 Å². The van der Waals surface area contributed by atoms with Crippen molar-refractivity contribution in [3.05, 3.63) is 52.2 Å². The fraction of sp³-hybridized carbons (Fsp3) is 0.267. The van der Waals surface area contributed by atoms with Crippen LogP contribution in [0.3, 0.4) is 0 Å². The maximum absolute atomic E-state index is 11.9. The molecule has 0 unspecified atom stereocenters. The third kappa shape index (κ3) is 3.37. The van der Waals surface area contributed by atoms with Crippen LogP contribution in [0.5, 0.6) is 5.75 Å².